The molecule has 1 aliphatic rings. The van der Waals surface area contributed by atoms with Crippen molar-refractivity contribution in [2.45, 2.75) is 70.8 Å². The van der Waals surface area contributed by atoms with Crippen LogP contribution in [0.15, 0.2) is 58.9 Å². The van der Waals surface area contributed by atoms with E-state index in [-0.39, 0.29) is 17.6 Å². The average Bonchev–Trinajstić information content (AvgIpc) is 2.89. The fourth-order valence-electron chi connectivity index (χ4n) is 4.64. The topological polar surface area (TPSA) is 65.7 Å². The van der Waals surface area contributed by atoms with Gasteiger partial charge in [-0.05, 0) is 62.4 Å². The number of hydrogen-bond acceptors (Lipinski definition) is 5. The van der Waals surface area contributed by atoms with Gasteiger partial charge >= 0.3 is 0 Å². The van der Waals surface area contributed by atoms with E-state index in [1.807, 2.05) is 49.4 Å². The second-order valence-corrected chi connectivity index (χ2v) is 9.22. The van der Waals surface area contributed by atoms with E-state index >= 15 is 0 Å². The van der Waals surface area contributed by atoms with E-state index in [9.17, 15) is 4.79 Å². The molecule has 0 N–H and O–H groups in total. The van der Waals surface area contributed by atoms with Crippen molar-refractivity contribution in [2.75, 3.05) is 7.11 Å². The zero-order valence-corrected chi connectivity index (χ0v) is 21.0. The fourth-order valence-corrected chi connectivity index (χ4v) is 4.64. The number of ether oxygens (including phenoxy) is 2. The smallest absolute Gasteiger partial charge is 0.282 e. The molecule has 184 valence electrons. The summed E-state index contributed by atoms with van der Waals surface area (Å²) in [5.41, 5.74) is 2.39. The fraction of sp³-hybridized carbons (Fsp3) is 0.414. The van der Waals surface area contributed by atoms with Crippen LogP contribution in [0.4, 0.5) is 0 Å². The summed E-state index contributed by atoms with van der Waals surface area (Å²) in [4.78, 5) is 18.4. The number of methoxy groups -OCH3 is 1. The van der Waals surface area contributed by atoms with Crippen LogP contribution in [-0.4, -0.2) is 29.1 Å². The largest absolute Gasteiger partial charge is 0.493 e. The SMILES string of the molecule is C=CCc1cc(C=Nn2c(C3CCCCC3)nc3ccccc3c2=O)cc(OC)c1O[C@@H](C)CC. The molecule has 2 aromatic carbocycles. The van der Waals surface area contributed by atoms with Gasteiger partial charge in [-0.15, -0.1) is 6.58 Å². The molecule has 4 rings (SSSR count). The Balaban J connectivity index is 1.80. The van der Waals surface area contributed by atoms with Crippen molar-refractivity contribution in [3.63, 3.8) is 0 Å². The lowest BCUT2D eigenvalue weighted by Gasteiger charge is -2.22. The van der Waals surface area contributed by atoms with E-state index in [1.165, 1.54) is 11.1 Å². The highest BCUT2D eigenvalue weighted by Crippen LogP contribution is 2.35. The van der Waals surface area contributed by atoms with Crippen LogP contribution in [0.5, 0.6) is 11.5 Å². The highest BCUT2D eigenvalue weighted by molar-refractivity contribution is 5.82. The minimum absolute atomic E-state index is 0.0623. The minimum Gasteiger partial charge on any atom is -0.493 e. The zero-order valence-electron chi connectivity index (χ0n) is 21.0. The van der Waals surface area contributed by atoms with E-state index in [2.05, 4.69) is 18.6 Å². The zero-order chi connectivity index (χ0) is 24.8. The third-order valence-corrected chi connectivity index (χ3v) is 6.70. The Morgan fingerprint density at radius 2 is 2.00 bits per heavy atom. The van der Waals surface area contributed by atoms with Gasteiger partial charge in [-0.1, -0.05) is 44.4 Å². The molecule has 1 saturated carbocycles. The predicted octanol–water partition coefficient (Wildman–Crippen LogP) is 6.24. The van der Waals surface area contributed by atoms with E-state index in [0.29, 0.717) is 17.6 Å². The number of rotatable bonds is 9. The lowest BCUT2D eigenvalue weighted by molar-refractivity contribution is 0.206. The molecule has 0 radical (unpaired) electrons. The van der Waals surface area contributed by atoms with E-state index < -0.39 is 0 Å². The summed E-state index contributed by atoms with van der Waals surface area (Å²) in [5.74, 6) is 2.35. The summed E-state index contributed by atoms with van der Waals surface area (Å²) < 4.78 is 13.3. The summed E-state index contributed by atoms with van der Waals surface area (Å²) in [7, 11) is 1.64. The van der Waals surface area contributed by atoms with Crippen LogP contribution in [-0.2, 0) is 6.42 Å². The number of para-hydroxylation sites is 1. The van der Waals surface area contributed by atoms with E-state index in [4.69, 9.17) is 14.5 Å². The lowest BCUT2D eigenvalue weighted by atomic mass is 9.88. The molecule has 1 atom stereocenters. The molecule has 0 aliphatic heterocycles. The van der Waals surface area contributed by atoms with Gasteiger partial charge in [0, 0.05) is 11.5 Å². The first-order valence-electron chi connectivity index (χ1n) is 12.6. The van der Waals surface area contributed by atoms with Gasteiger partial charge in [0.25, 0.3) is 5.56 Å². The van der Waals surface area contributed by atoms with E-state index in [0.717, 1.165) is 60.3 Å². The van der Waals surface area contributed by atoms with Crippen LogP contribution < -0.4 is 15.0 Å². The maximum atomic E-state index is 13.5. The van der Waals surface area contributed by atoms with Gasteiger partial charge in [-0.2, -0.15) is 9.78 Å². The number of allylic oxidation sites excluding steroid dienone is 1. The van der Waals surface area contributed by atoms with Crippen molar-refractivity contribution < 1.29 is 9.47 Å². The molecule has 1 fully saturated rings. The Hall–Kier alpha value is -3.41. The van der Waals surface area contributed by atoms with Crippen molar-refractivity contribution in [3.05, 3.63) is 76.4 Å². The molecule has 0 saturated heterocycles. The van der Waals surface area contributed by atoms with Gasteiger partial charge in [0.05, 0.1) is 30.3 Å². The number of benzene rings is 2. The van der Waals surface area contributed by atoms with E-state index in [1.54, 1.807) is 13.3 Å². The minimum atomic E-state index is -0.137. The Bertz CT molecular complexity index is 1270. The highest BCUT2D eigenvalue weighted by Gasteiger charge is 2.22. The Kier molecular flexibility index (Phi) is 8.01. The lowest BCUT2D eigenvalue weighted by Crippen LogP contribution is -2.25. The summed E-state index contributed by atoms with van der Waals surface area (Å²) in [5, 5.41) is 5.25. The molecule has 6 nitrogen and oxygen atoms in total. The van der Waals surface area contributed by atoms with Gasteiger partial charge in [-0.3, -0.25) is 4.79 Å². The number of hydrogen-bond donors (Lipinski definition) is 0. The molecule has 0 amide bonds. The third kappa shape index (κ3) is 5.47. The molecule has 1 aromatic heterocycles. The first-order chi connectivity index (χ1) is 17.0. The Morgan fingerprint density at radius 1 is 1.23 bits per heavy atom. The normalized spacial score (nSPS) is 15.4. The maximum Gasteiger partial charge on any atom is 0.282 e. The van der Waals surface area contributed by atoms with Crippen molar-refractivity contribution in [3.8, 4) is 11.5 Å². The molecular weight excluding hydrogens is 438 g/mol. The monoisotopic (exact) mass is 473 g/mol. The molecule has 0 spiro atoms. The molecule has 35 heavy (non-hydrogen) atoms. The van der Waals surface area contributed by atoms with Crippen LogP contribution in [0.25, 0.3) is 10.9 Å². The van der Waals surface area contributed by atoms with Crippen molar-refractivity contribution >= 4 is 17.1 Å². The summed E-state index contributed by atoms with van der Waals surface area (Å²) in [6, 6.07) is 11.4. The molecule has 1 aliphatic carbocycles. The third-order valence-electron chi connectivity index (χ3n) is 6.70. The number of nitrogens with zero attached hydrogens (tertiary/aromatic N) is 3. The summed E-state index contributed by atoms with van der Waals surface area (Å²) >= 11 is 0. The van der Waals surface area contributed by atoms with Gasteiger partial charge in [-0.25, -0.2) is 4.98 Å². The molecular formula is C29H35N3O3. The average molecular weight is 474 g/mol. The Labute approximate surface area is 207 Å². The number of fused-ring (bicyclic) bond motifs is 1. The summed E-state index contributed by atoms with van der Waals surface area (Å²) in [6.07, 6.45) is 10.7. The second-order valence-electron chi connectivity index (χ2n) is 9.22. The molecule has 3 aromatic rings. The van der Waals surface area contributed by atoms with Gasteiger partial charge in [0.2, 0.25) is 0 Å². The molecule has 0 bridgehead atoms. The van der Waals surface area contributed by atoms with Crippen LogP contribution in [0.1, 0.15) is 75.2 Å². The van der Waals surface area contributed by atoms with Crippen LogP contribution in [0.3, 0.4) is 0 Å². The second kappa shape index (κ2) is 11.3. The first-order valence-corrected chi connectivity index (χ1v) is 12.6. The van der Waals surface area contributed by atoms with Crippen LogP contribution in [0.2, 0.25) is 0 Å². The van der Waals surface area contributed by atoms with Crippen LogP contribution >= 0.6 is 0 Å². The van der Waals surface area contributed by atoms with Crippen molar-refractivity contribution in [1.29, 1.82) is 0 Å². The quantitative estimate of drug-likeness (QED) is 0.272. The van der Waals surface area contributed by atoms with Gasteiger partial charge in [0.1, 0.15) is 5.82 Å². The number of aromatic nitrogens is 2. The highest BCUT2D eigenvalue weighted by atomic mass is 16.5. The molecule has 6 heteroatoms. The van der Waals surface area contributed by atoms with Crippen LogP contribution in [0, 0.1) is 0 Å². The molecule has 0 unspecified atom stereocenters. The van der Waals surface area contributed by atoms with Gasteiger partial charge < -0.3 is 9.47 Å². The first kappa shape index (κ1) is 24.7. The van der Waals surface area contributed by atoms with Crippen molar-refractivity contribution in [2.24, 2.45) is 5.10 Å². The standard InChI is InChI=1S/C29H35N3O3/c1-5-12-23-17-21(18-26(34-4)27(23)35-20(3)6-2)19-30-32-28(22-13-8-7-9-14-22)31-25-16-11-10-15-24(25)29(32)33/h5,10-11,15-20,22H,1,6-9,12-14H2,2-4H3/t20-/m0/s1. The molecule has 1 heterocycles. The van der Waals surface area contributed by atoms with Gasteiger partial charge in [0.15, 0.2) is 11.5 Å². The summed E-state index contributed by atoms with van der Waals surface area (Å²) in [6.45, 7) is 8.02. The maximum absolute atomic E-state index is 13.5. The Morgan fingerprint density at radius 3 is 2.71 bits per heavy atom. The van der Waals surface area contributed by atoms with Crippen molar-refractivity contribution in [1.82, 2.24) is 9.66 Å². The predicted molar refractivity (Wildman–Crippen MR) is 142 cm³/mol.